The summed E-state index contributed by atoms with van der Waals surface area (Å²) in [4.78, 5) is 25.9. The Hall–Kier alpha value is -4.07. The monoisotopic (exact) mass is 432 g/mol. The summed E-state index contributed by atoms with van der Waals surface area (Å²) in [5, 5.41) is 4.52. The van der Waals surface area contributed by atoms with Gasteiger partial charge in [-0.2, -0.15) is 5.10 Å². The summed E-state index contributed by atoms with van der Waals surface area (Å²) in [6.07, 6.45) is 3.21. The van der Waals surface area contributed by atoms with E-state index in [0.29, 0.717) is 39.2 Å². The largest absolute Gasteiger partial charge is 0.497 e. The molecule has 0 spiro atoms. The Bertz CT molecular complexity index is 1400. The second kappa shape index (κ2) is 7.56. The number of benzene rings is 2. The van der Waals surface area contributed by atoms with Crippen molar-refractivity contribution in [2.75, 3.05) is 14.2 Å². The molecule has 0 radical (unpaired) electrons. The summed E-state index contributed by atoms with van der Waals surface area (Å²) in [5.41, 5.74) is 2.62. The van der Waals surface area contributed by atoms with Crippen molar-refractivity contribution in [1.82, 2.24) is 9.78 Å². The lowest BCUT2D eigenvalue weighted by molar-refractivity contribution is -0.135. The molecule has 1 unspecified atom stereocenters. The molecule has 32 heavy (non-hydrogen) atoms. The first-order chi connectivity index (χ1) is 15.5. The first-order valence-electron chi connectivity index (χ1n) is 10.0. The molecule has 4 aromatic rings. The first-order valence-corrected chi connectivity index (χ1v) is 10.0. The number of carbonyl (C=O) groups excluding carboxylic acids is 1. The van der Waals surface area contributed by atoms with Crippen LogP contribution >= 0.6 is 0 Å². The Morgan fingerprint density at radius 1 is 1.09 bits per heavy atom. The van der Waals surface area contributed by atoms with Crippen LogP contribution in [0.3, 0.4) is 0 Å². The molecule has 0 amide bonds. The average molecular weight is 432 g/mol. The SMILES string of the molecule is COc1ccc(-c2coc3c4c(cc(OC)c3c2=O)OC(=O)CC4c2ccnn2C)cc1. The summed E-state index contributed by atoms with van der Waals surface area (Å²) in [7, 11) is 4.85. The van der Waals surface area contributed by atoms with Crippen LogP contribution in [0, 0.1) is 0 Å². The van der Waals surface area contributed by atoms with Crippen molar-refractivity contribution in [2.24, 2.45) is 7.05 Å². The van der Waals surface area contributed by atoms with E-state index in [1.165, 1.54) is 13.4 Å². The molecule has 0 saturated carbocycles. The van der Waals surface area contributed by atoms with E-state index in [9.17, 15) is 9.59 Å². The highest BCUT2D eigenvalue weighted by molar-refractivity contribution is 5.94. The second-order valence-electron chi connectivity index (χ2n) is 7.51. The van der Waals surface area contributed by atoms with Crippen molar-refractivity contribution in [3.05, 3.63) is 70.3 Å². The Morgan fingerprint density at radius 2 is 1.88 bits per heavy atom. The zero-order valence-electron chi connectivity index (χ0n) is 17.7. The maximum Gasteiger partial charge on any atom is 0.312 e. The van der Waals surface area contributed by atoms with Gasteiger partial charge in [-0.15, -0.1) is 0 Å². The number of nitrogens with zero attached hydrogens (tertiary/aromatic N) is 2. The molecular formula is C24H20N2O6. The van der Waals surface area contributed by atoms with Crippen molar-refractivity contribution in [3.8, 4) is 28.4 Å². The van der Waals surface area contributed by atoms with Crippen molar-refractivity contribution in [2.45, 2.75) is 12.3 Å². The minimum atomic E-state index is -0.373. The molecule has 0 aliphatic carbocycles. The quantitative estimate of drug-likeness (QED) is 0.359. The van der Waals surface area contributed by atoms with Crippen LogP contribution in [0.15, 0.2) is 58.1 Å². The standard InChI is InChI=1S/C24H20N2O6/c1-26-17(8-9-25-26)15-10-20(27)32-19-11-18(30-3)22-23(28)16(12-31-24(22)21(15)19)13-4-6-14(29-2)7-5-13/h4-9,11-12,15H,10H2,1-3H3. The second-order valence-corrected chi connectivity index (χ2v) is 7.51. The maximum absolute atomic E-state index is 13.6. The molecule has 162 valence electrons. The maximum atomic E-state index is 13.6. The van der Waals surface area contributed by atoms with Gasteiger partial charge in [0.25, 0.3) is 0 Å². The third-order valence-electron chi connectivity index (χ3n) is 5.79. The van der Waals surface area contributed by atoms with Gasteiger partial charge in [0.05, 0.1) is 26.2 Å². The molecule has 3 heterocycles. The van der Waals surface area contributed by atoms with Gasteiger partial charge in [0.15, 0.2) is 0 Å². The molecule has 2 aromatic heterocycles. The molecule has 8 nitrogen and oxygen atoms in total. The van der Waals surface area contributed by atoms with Crippen LogP contribution in [0.5, 0.6) is 17.2 Å². The number of carbonyl (C=O) groups is 1. The third kappa shape index (κ3) is 3.03. The summed E-state index contributed by atoms with van der Waals surface area (Å²) >= 11 is 0. The van der Waals surface area contributed by atoms with Crippen LogP contribution in [-0.2, 0) is 11.8 Å². The Balaban J connectivity index is 1.78. The van der Waals surface area contributed by atoms with Gasteiger partial charge in [-0.3, -0.25) is 14.3 Å². The van der Waals surface area contributed by atoms with Gasteiger partial charge in [-0.25, -0.2) is 0 Å². The number of fused-ring (bicyclic) bond motifs is 3. The van der Waals surface area contributed by atoms with E-state index in [-0.39, 0.29) is 29.5 Å². The highest BCUT2D eigenvalue weighted by atomic mass is 16.5. The predicted molar refractivity (Wildman–Crippen MR) is 116 cm³/mol. The molecule has 8 heteroatoms. The number of ether oxygens (including phenoxy) is 3. The van der Waals surface area contributed by atoms with E-state index in [4.69, 9.17) is 18.6 Å². The minimum absolute atomic E-state index is 0.109. The van der Waals surface area contributed by atoms with Crippen molar-refractivity contribution < 1.29 is 23.4 Å². The molecule has 1 aliphatic rings. The number of aryl methyl sites for hydroxylation is 1. The predicted octanol–water partition coefficient (Wildman–Crippen LogP) is 3.65. The minimum Gasteiger partial charge on any atom is -0.497 e. The lowest BCUT2D eigenvalue weighted by atomic mass is 9.87. The fourth-order valence-electron chi connectivity index (χ4n) is 4.23. The summed E-state index contributed by atoms with van der Waals surface area (Å²) in [6, 6.07) is 10.6. The van der Waals surface area contributed by atoms with Crippen LogP contribution < -0.4 is 19.6 Å². The molecule has 2 aromatic carbocycles. The third-order valence-corrected chi connectivity index (χ3v) is 5.79. The zero-order chi connectivity index (χ0) is 22.4. The number of esters is 1. The normalized spacial score (nSPS) is 15.3. The van der Waals surface area contributed by atoms with Crippen molar-refractivity contribution in [1.29, 1.82) is 0 Å². The highest BCUT2D eigenvalue weighted by Gasteiger charge is 2.35. The topological polar surface area (TPSA) is 92.8 Å². The van der Waals surface area contributed by atoms with Crippen LogP contribution in [-0.4, -0.2) is 30.0 Å². The van der Waals surface area contributed by atoms with Gasteiger partial charge in [-0.05, 0) is 23.8 Å². The zero-order valence-corrected chi connectivity index (χ0v) is 17.7. The van der Waals surface area contributed by atoms with Gasteiger partial charge < -0.3 is 18.6 Å². The van der Waals surface area contributed by atoms with Crippen LogP contribution in [0.4, 0.5) is 0 Å². The van der Waals surface area contributed by atoms with Crippen molar-refractivity contribution in [3.63, 3.8) is 0 Å². The first kappa shape index (κ1) is 19.9. The molecule has 0 saturated heterocycles. The van der Waals surface area contributed by atoms with Gasteiger partial charge in [0.2, 0.25) is 5.43 Å². The van der Waals surface area contributed by atoms with Gasteiger partial charge >= 0.3 is 5.97 Å². The average Bonchev–Trinajstić information content (AvgIpc) is 3.23. The molecule has 0 N–H and O–H groups in total. The van der Waals surface area contributed by atoms with E-state index >= 15 is 0 Å². The van der Waals surface area contributed by atoms with Gasteiger partial charge in [0, 0.05) is 36.5 Å². The fourth-order valence-corrected chi connectivity index (χ4v) is 4.23. The number of rotatable bonds is 4. The number of hydrogen-bond donors (Lipinski definition) is 0. The lowest BCUT2D eigenvalue weighted by Gasteiger charge is -2.26. The Labute approximate surface area is 182 Å². The summed E-state index contributed by atoms with van der Waals surface area (Å²) in [6.45, 7) is 0. The molecule has 1 aliphatic heterocycles. The molecule has 5 rings (SSSR count). The van der Waals surface area contributed by atoms with Crippen LogP contribution in [0.2, 0.25) is 0 Å². The van der Waals surface area contributed by atoms with E-state index in [0.717, 1.165) is 5.69 Å². The smallest absolute Gasteiger partial charge is 0.312 e. The van der Waals surface area contributed by atoms with Crippen LogP contribution in [0.1, 0.15) is 23.6 Å². The molecule has 0 fully saturated rings. The van der Waals surface area contributed by atoms with Crippen molar-refractivity contribution >= 4 is 16.9 Å². The van der Waals surface area contributed by atoms with Crippen LogP contribution in [0.25, 0.3) is 22.1 Å². The highest BCUT2D eigenvalue weighted by Crippen LogP contribution is 2.45. The van der Waals surface area contributed by atoms with Gasteiger partial charge in [0.1, 0.15) is 34.5 Å². The summed E-state index contributed by atoms with van der Waals surface area (Å²) in [5.74, 6) is 0.536. The summed E-state index contributed by atoms with van der Waals surface area (Å²) < 4.78 is 24.0. The Morgan fingerprint density at radius 3 is 2.53 bits per heavy atom. The van der Waals surface area contributed by atoms with E-state index in [1.54, 1.807) is 55.4 Å². The molecule has 1 atom stereocenters. The number of methoxy groups -OCH3 is 2. The molecular weight excluding hydrogens is 412 g/mol. The van der Waals surface area contributed by atoms with E-state index in [2.05, 4.69) is 5.10 Å². The number of hydrogen-bond acceptors (Lipinski definition) is 7. The lowest BCUT2D eigenvalue weighted by Crippen LogP contribution is -2.23. The van der Waals surface area contributed by atoms with Gasteiger partial charge in [-0.1, -0.05) is 12.1 Å². The fraction of sp³-hybridized carbons (Fsp3) is 0.208. The van der Waals surface area contributed by atoms with E-state index in [1.807, 2.05) is 6.07 Å². The van der Waals surface area contributed by atoms with E-state index < -0.39 is 0 Å². The number of aromatic nitrogens is 2. The Kier molecular flexibility index (Phi) is 4.70. The molecule has 0 bridgehead atoms.